The van der Waals surface area contributed by atoms with Gasteiger partial charge < -0.3 is 10.1 Å². The number of nitro benzene ring substituents is 1. The van der Waals surface area contributed by atoms with Crippen LogP contribution in [-0.4, -0.2) is 23.0 Å². The number of non-ortho nitro benzene ring substituents is 1. The molecule has 1 aromatic rings. The SMILES string of the molecule is CC(C)[C@](C)(C#N)NC(=O)COc1ccc([N+](=O)[O-])cc1. The number of nitriles is 1. The second-order valence-electron chi connectivity index (χ2n) is 5.06. The van der Waals surface area contributed by atoms with Gasteiger partial charge in [0.15, 0.2) is 6.61 Å². The zero-order valence-electron chi connectivity index (χ0n) is 12.1. The van der Waals surface area contributed by atoms with E-state index >= 15 is 0 Å². The molecule has 0 fully saturated rings. The number of nitrogens with zero attached hydrogens (tertiary/aromatic N) is 2. The zero-order valence-corrected chi connectivity index (χ0v) is 12.1. The lowest BCUT2D eigenvalue weighted by atomic mass is 9.90. The summed E-state index contributed by atoms with van der Waals surface area (Å²) in [6, 6.07) is 7.48. The molecule has 0 saturated heterocycles. The maximum Gasteiger partial charge on any atom is 0.269 e. The zero-order chi connectivity index (χ0) is 16.0. The minimum atomic E-state index is -0.962. The molecule has 0 spiro atoms. The van der Waals surface area contributed by atoms with Crippen LogP contribution in [0.1, 0.15) is 20.8 Å². The van der Waals surface area contributed by atoms with Crippen LogP contribution in [-0.2, 0) is 4.79 Å². The van der Waals surface area contributed by atoms with E-state index in [-0.39, 0.29) is 18.2 Å². The highest BCUT2D eigenvalue weighted by molar-refractivity contribution is 5.78. The summed E-state index contributed by atoms with van der Waals surface area (Å²) in [7, 11) is 0. The predicted octanol–water partition coefficient (Wildman–Crippen LogP) is 2.03. The van der Waals surface area contributed by atoms with E-state index in [0.717, 1.165) is 0 Å². The van der Waals surface area contributed by atoms with Crippen LogP contribution in [0.5, 0.6) is 5.75 Å². The molecular weight excluding hydrogens is 274 g/mol. The van der Waals surface area contributed by atoms with Crippen LogP contribution in [0.25, 0.3) is 0 Å². The Labute approximate surface area is 122 Å². The number of carbonyl (C=O) groups excluding carboxylic acids is 1. The molecule has 0 radical (unpaired) electrons. The number of benzene rings is 1. The van der Waals surface area contributed by atoms with E-state index < -0.39 is 16.4 Å². The lowest BCUT2D eigenvalue weighted by molar-refractivity contribution is -0.384. The van der Waals surface area contributed by atoms with Crippen molar-refractivity contribution in [1.82, 2.24) is 5.32 Å². The lowest BCUT2D eigenvalue weighted by Gasteiger charge is -2.27. The topological polar surface area (TPSA) is 105 Å². The van der Waals surface area contributed by atoms with E-state index in [0.29, 0.717) is 5.75 Å². The van der Waals surface area contributed by atoms with Gasteiger partial charge in [-0.05, 0) is 25.0 Å². The van der Waals surface area contributed by atoms with Crippen molar-refractivity contribution in [2.45, 2.75) is 26.3 Å². The number of amides is 1. The Balaban J connectivity index is 2.57. The van der Waals surface area contributed by atoms with Gasteiger partial charge in [0.05, 0.1) is 11.0 Å². The Bertz CT molecular complexity index is 563. The monoisotopic (exact) mass is 291 g/mol. The molecule has 7 heteroatoms. The van der Waals surface area contributed by atoms with Crippen LogP contribution in [0.2, 0.25) is 0 Å². The maximum absolute atomic E-state index is 11.8. The van der Waals surface area contributed by atoms with E-state index in [4.69, 9.17) is 10.00 Å². The predicted molar refractivity (Wildman–Crippen MR) is 75.6 cm³/mol. The van der Waals surface area contributed by atoms with Crippen molar-refractivity contribution < 1.29 is 14.5 Å². The van der Waals surface area contributed by atoms with Crippen molar-refractivity contribution in [3.05, 3.63) is 34.4 Å². The number of hydrogen-bond acceptors (Lipinski definition) is 5. The minimum Gasteiger partial charge on any atom is -0.484 e. The van der Waals surface area contributed by atoms with Crippen molar-refractivity contribution in [3.8, 4) is 11.8 Å². The summed E-state index contributed by atoms with van der Waals surface area (Å²) >= 11 is 0. The second kappa shape index (κ2) is 6.70. The normalized spacial score (nSPS) is 13.1. The van der Waals surface area contributed by atoms with Gasteiger partial charge in [0.1, 0.15) is 11.3 Å². The Morgan fingerprint density at radius 2 is 2.05 bits per heavy atom. The van der Waals surface area contributed by atoms with Gasteiger partial charge in [-0.1, -0.05) is 13.8 Å². The van der Waals surface area contributed by atoms with Crippen LogP contribution < -0.4 is 10.1 Å². The highest BCUT2D eigenvalue weighted by Gasteiger charge is 2.29. The summed E-state index contributed by atoms with van der Waals surface area (Å²) in [6.07, 6.45) is 0. The Hall–Kier alpha value is -2.62. The third-order valence-electron chi connectivity index (χ3n) is 3.20. The molecule has 21 heavy (non-hydrogen) atoms. The molecule has 0 aliphatic rings. The van der Waals surface area contributed by atoms with Gasteiger partial charge in [-0.15, -0.1) is 0 Å². The molecule has 112 valence electrons. The molecule has 7 nitrogen and oxygen atoms in total. The molecule has 1 rings (SSSR count). The quantitative estimate of drug-likeness (QED) is 0.637. The van der Waals surface area contributed by atoms with Crippen molar-refractivity contribution in [2.24, 2.45) is 5.92 Å². The fraction of sp³-hybridized carbons (Fsp3) is 0.429. The number of nitrogens with one attached hydrogen (secondary N) is 1. The molecular formula is C14H17N3O4. The van der Waals surface area contributed by atoms with Crippen molar-refractivity contribution in [2.75, 3.05) is 6.61 Å². The number of nitro groups is 1. The molecule has 1 amide bonds. The van der Waals surface area contributed by atoms with Gasteiger partial charge in [0, 0.05) is 12.1 Å². The fourth-order valence-corrected chi connectivity index (χ4v) is 1.44. The molecule has 0 aliphatic heterocycles. The van der Waals surface area contributed by atoms with Crippen molar-refractivity contribution in [3.63, 3.8) is 0 Å². The van der Waals surface area contributed by atoms with Gasteiger partial charge in [-0.2, -0.15) is 5.26 Å². The largest absolute Gasteiger partial charge is 0.484 e. The van der Waals surface area contributed by atoms with Crippen LogP contribution in [0.3, 0.4) is 0 Å². The number of ether oxygens (including phenoxy) is 1. The van der Waals surface area contributed by atoms with E-state index in [1.54, 1.807) is 6.92 Å². The number of hydrogen-bond donors (Lipinski definition) is 1. The standard InChI is InChI=1S/C14H17N3O4/c1-10(2)14(3,9-15)16-13(18)8-21-12-6-4-11(5-7-12)17(19)20/h4-7,10H,8H2,1-3H3,(H,16,18)/t14-/m0/s1. The minimum absolute atomic E-state index is 0.0502. The third kappa shape index (κ3) is 4.45. The molecule has 0 heterocycles. The summed E-state index contributed by atoms with van der Waals surface area (Å²) in [4.78, 5) is 21.8. The van der Waals surface area contributed by atoms with Crippen LogP contribution in [0.15, 0.2) is 24.3 Å². The molecule has 1 aromatic carbocycles. The number of carbonyl (C=O) groups is 1. The Kier molecular flexibility index (Phi) is 5.24. The number of rotatable bonds is 6. The molecule has 0 saturated carbocycles. The van der Waals surface area contributed by atoms with Crippen LogP contribution >= 0.6 is 0 Å². The van der Waals surface area contributed by atoms with E-state index in [2.05, 4.69) is 11.4 Å². The third-order valence-corrected chi connectivity index (χ3v) is 3.20. The Morgan fingerprint density at radius 1 is 1.48 bits per heavy atom. The van der Waals surface area contributed by atoms with E-state index in [1.807, 2.05) is 13.8 Å². The fourth-order valence-electron chi connectivity index (χ4n) is 1.44. The molecule has 0 aliphatic carbocycles. The first-order chi connectivity index (χ1) is 9.78. The van der Waals surface area contributed by atoms with Gasteiger partial charge in [-0.3, -0.25) is 14.9 Å². The summed E-state index contributed by atoms with van der Waals surface area (Å²) in [5.74, 6) is -0.129. The summed E-state index contributed by atoms with van der Waals surface area (Å²) in [5, 5.41) is 22.2. The molecule has 0 aromatic heterocycles. The summed E-state index contributed by atoms with van der Waals surface area (Å²) in [5.41, 5.74) is -1.01. The lowest BCUT2D eigenvalue weighted by Crippen LogP contribution is -2.50. The van der Waals surface area contributed by atoms with Crippen molar-refractivity contribution in [1.29, 1.82) is 5.26 Å². The average molecular weight is 291 g/mol. The molecule has 0 bridgehead atoms. The molecule has 1 N–H and O–H groups in total. The summed E-state index contributed by atoms with van der Waals surface area (Å²) < 4.78 is 5.23. The molecule has 0 unspecified atom stereocenters. The first-order valence-electron chi connectivity index (χ1n) is 6.38. The Morgan fingerprint density at radius 3 is 2.48 bits per heavy atom. The van der Waals surface area contributed by atoms with Gasteiger partial charge in [0.25, 0.3) is 11.6 Å². The summed E-state index contributed by atoms with van der Waals surface area (Å²) in [6.45, 7) is 5.05. The van der Waals surface area contributed by atoms with Crippen molar-refractivity contribution >= 4 is 11.6 Å². The first kappa shape index (κ1) is 16.4. The van der Waals surface area contributed by atoms with Gasteiger partial charge in [0.2, 0.25) is 0 Å². The van der Waals surface area contributed by atoms with Gasteiger partial charge in [-0.25, -0.2) is 0 Å². The van der Waals surface area contributed by atoms with E-state index in [1.165, 1.54) is 24.3 Å². The first-order valence-corrected chi connectivity index (χ1v) is 6.38. The van der Waals surface area contributed by atoms with E-state index in [9.17, 15) is 14.9 Å². The highest BCUT2D eigenvalue weighted by atomic mass is 16.6. The highest BCUT2D eigenvalue weighted by Crippen LogP contribution is 2.18. The van der Waals surface area contributed by atoms with Crippen LogP contribution in [0, 0.1) is 27.4 Å². The van der Waals surface area contributed by atoms with Gasteiger partial charge >= 0.3 is 0 Å². The smallest absolute Gasteiger partial charge is 0.269 e. The average Bonchev–Trinajstić information content (AvgIpc) is 2.45. The second-order valence-corrected chi connectivity index (χ2v) is 5.06. The maximum atomic E-state index is 11.8. The van der Waals surface area contributed by atoms with Crippen LogP contribution in [0.4, 0.5) is 5.69 Å². The molecule has 1 atom stereocenters.